The van der Waals surface area contributed by atoms with Crippen molar-refractivity contribution in [1.29, 1.82) is 0 Å². The molecule has 0 unspecified atom stereocenters. The van der Waals surface area contributed by atoms with Crippen LogP contribution in [0.4, 0.5) is 5.69 Å². The summed E-state index contributed by atoms with van der Waals surface area (Å²) in [4.78, 5) is 2.20. The quantitative estimate of drug-likeness (QED) is 0.875. The van der Waals surface area contributed by atoms with E-state index >= 15 is 0 Å². The Labute approximate surface area is 108 Å². The van der Waals surface area contributed by atoms with Gasteiger partial charge in [-0.25, -0.2) is 0 Å². The van der Waals surface area contributed by atoms with Gasteiger partial charge < -0.3 is 10.6 Å². The van der Waals surface area contributed by atoms with Gasteiger partial charge in [0.15, 0.2) is 0 Å². The second kappa shape index (κ2) is 5.69. The van der Waals surface area contributed by atoms with E-state index < -0.39 is 0 Å². The molecule has 2 aromatic rings. The first-order valence-electron chi connectivity index (χ1n) is 6.24. The first kappa shape index (κ1) is 12.6. The number of aromatic nitrogens is 2. The van der Waals surface area contributed by atoms with Crippen LogP contribution in [0, 0.1) is 0 Å². The van der Waals surface area contributed by atoms with Crippen LogP contribution in [-0.2, 0) is 19.6 Å². The van der Waals surface area contributed by atoms with Gasteiger partial charge in [-0.3, -0.25) is 4.68 Å². The molecule has 0 bridgehead atoms. The monoisotopic (exact) mass is 244 g/mol. The van der Waals surface area contributed by atoms with Crippen LogP contribution in [0.2, 0.25) is 0 Å². The highest BCUT2D eigenvalue weighted by molar-refractivity contribution is 5.48. The summed E-state index contributed by atoms with van der Waals surface area (Å²) in [6.07, 6.45) is 4.01. The molecule has 0 saturated carbocycles. The van der Waals surface area contributed by atoms with Gasteiger partial charge in [0, 0.05) is 44.1 Å². The van der Waals surface area contributed by atoms with E-state index in [0.29, 0.717) is 6.54 Å². The fraction of sp³-hybridized carbons (Fsp3) is 0.357. The fourth-order valence-electron chi connectivity index (χ4n) is 1.95. The van der Waals surface area contributed by atoms with Crippen LogP contribution in [-0.4, -0.2) is 16.8 Å². The first-order valence-corrected chi connectivity index (χ1v) is 6.24. The second-order valence-electron chi connectivity index (χ2n) is 4.43. The molecule has 0 aliphatic heterocycles. The van der Waals surface area contributed by atoms with Crippen LogP contribution in [0.1, 0.15) is 18.1 Å². The highest BCUT2D eigenvalue weighted by atomic mass is 15.3. The van der Waals surface area contributed by atoms with E-state index in [2.05, 4.69) is 42.3 Å². The van der Waals surface area contributed by atoms with E-state index in [4.69, 9.17) is 5.73 Å². The predicted molar refractivity (Wildman–Crippen MR) is 74.3 cm³/mol. The molecule has 4 nitrogen and oxygen atoms in total. The van der Waals surface area contributed by atoms with Gasteiger partial charge in [-0.2, -0.15) is 5.10 Å². The molecule has 2 N–H and O–H groups in total. The van der Waals surface area contributed by atoms with Crippen LogP contribution < -0.4 is 10.6 Å². The number of anilines is 1. The number of hydrogen-bond acceptors (Lipinski definition) is 3. The average molecular weight is 244 g/mol. The van der Waals surface area contributed by atoms with Gasteiger partial charge in [0.25, 0.3) is 0 Å². The summed E-state index contributed by atoms with van der Waals surface area (Å²) in [6, 6.07) is 8.32. The molecule has 0 saturated heterocycles. The smallest absolute Gasteiger partial charge is 0.0539 e. The largest absolute Gasteiger partial charge is 0.370 e. The Bertz CT molecular complexity index is 504. The van der Waals surface area contributed by atoms with E-state index in [0.717, 1.165) is 18.7 Å². The Kier molecular flexibility index (Phi) is 3.99. The summed E-state index contributed by atoms with van der Waals surface area (Å²) >= 11 is 0. The Hall–Kier alpha value is -1.81. The third kappa shape index (κ3) is 2.90. The lowest BCUT2D eigenvalue weighted by atomic mass is 10.2. The lowest BCUT2D eigenvalue weighted by Crippen LogP contribution is -2.16. The molecule has 2 rings (SSSR count). The molecule has 0 aliphatic rings. The van der Waals surface area contributed by atoms with Crippen molar-refractivity contribution in [3.63, 3.8) is 0 Å². The van der Waals surface area contributed by atoms with Gasteiger partial charge >= 0.3 is 0 Å². The molecule has 18 heavy (non-hydrogen) atoms. The predicted octanol–water partition coefficient (Wildman–Crippen LogP) is 2.00. The van der Waals surface area contributed by atoms with E-state index in [9.17, 15) is 0 Å². The lowest BCUT2D eigenvalue weighted by Gasteiger charge is -2.19. The number of nitrogens with zero attached hydrogens (tertiary/aromatic N) is 3. The Morgan fingerprint density at radius 2 is 2.17 bits per heavy atom. The second-order valence-corrected chi connectivity index (χ2v) is 4.43. The normalized spacial score (nSPS) is 10.6. The van der Waals surface area contributed by atoms with E-state index in [1.165, 1.54) is 11.3 Å². The van der Waals surface area contributed by atoms with Crippen LogP contribution in [0.3, 0.4) is 0 Å². The molecule has 96 valence electrons. The highest BCUT2D eigenvalue weighted by Gasteiger charge is 2.04. The van der Waals surface area contributed by atoms with Crippen LogP contribution in [0.15, 0.2) is 36.7 Å². The maximum absolute atomic E-state index is 5.66. The number of nitrogens with two attached hydrogens (primary N) is 1. The number of hydrogen-bond donors (Lipinski definition) is 1. The third-order valence-electron chi connectivity index (χ3n) is 3.02. The summed E-state index contributed by atoms with van der Waals surface area (Å²) < 4.78 is 1.94. The molecule has 0 amide bonds. The first-order chi connectivity index (χ1) is 8.72. The van der Waals surface area contributed by atoms with Crippen molar-refractivity contribution in [1.82, 2.24) is 9.78 Å². The minimum Gasteiger partial charge on any atom is -0.370 e. The van der Waals surface area contributed by atoms with Crippen LogP contribution in [0.5, 0.6) is 0 Å². The fourth-order valence-corrected chi connectivity index (χ4v) is 1.95. The Morgan fingerprint density at radius 1 is 1.33 bits per heavy atom. The summed E-state index contributed by atoms with van der Waals surface area (Å²) in [5.41, 5.74) is 9.22. The van der Waals surface area contributed by atoms with Gasteiger partial charge in [0.05, 0.1) is 6.20 Å². The molecular weight excluding hydrogens is 224 g/mol. The standard InChI is InChI=1S/C14H20N4/c1-3-18-11-13(9-16-18)10-17(2)14-6-4-5-12(7-14)8-15/h4-7,9,11H,3,8,10,15H2,1-2H3. The van der Waals surface area contributed by atoms with Crippen molar-refractivity contribution in [2.24, 2.45) is 5.73 Å². The summed E-state index contributed by atoms with van der Waals surface area (Å²) in [5, 5.41) is 4.29. The topological polar surface area (TPSA) is 47.1 Å². The average Bonchev–Trinajstić information content (AvgIpc) is 2.86. The maximum atomic E-state index is 5.66. The molecular formula is C14H20N4. The highest BCUT2D eigenvalue weighted by Crippen LogP contribution is 2.16. The SMILES string of the molecule is CCn1cc(CN(C)c2cccc(CN)c2)cn1. The van der Waals surface area contributed by atoms with Crippen LogP contribution in [0.25, 0.3) is 0 Å². The molecule has 0 radical (unpaired) electrons. The van der Waals surface area contributed by atoms with Gasteiger partial charge in [-0.15, -0.1) is 0 Å². The minimum atomic E-state index is 0.579. The minimum absolute atomic E-state index is 0.579. The molecule has 0 aliphatic carbocycles. The van der Waals surface area contributed by atoms with E-state index in [1.54, 1.807) is 0 Å². The van der Waals surface area contributed by atoms with Crippen molar-refractivity contribution in [2.45, 2.75) is 26.6 Å². The molecule has 0 fully saturated rings. The van der Waals surface area contributed by atoms with Crippen molar-refractivity contribution < 1.29 is 0 Å². The van der Waals surface area contributed by atoms with Gasteiger partial charge in [0.1, 0.15) is 0 Å². The van der Waals surface area contributed by atoms with Gasteiger partial charge in [-0.1, -0.05) is 12.1 Å². The molecule has 1 aromatic heterocycles. The van der Waals surface area contributed by atoms with Crippen molar-refractivity contribution in [3.05, 3.63) is 47.8 Å². The summed E-state index contributed by atoms with van der Waals surface area (Å²) in [6.45, 7) is 4.43. The zero-order valence-electron chi connectivity index (χ0n) is 11.0. The number of benzene rings is 1. The van der Waals surface area contributed by atoms with Gasteiger partial charge in [0.2, 0.25) is 0 Å². The molecule has 0 spiro atoms. The van der Waals surface area contributed by atoms with E-state index in [1.807, 2.05) is 23.0 Å². The number of aryl methyl sites for hydroxylation is 1. The molecule has 1 aromatic carbocycles. The lowest BCUT2D eigenvalue weighted by molar-refractivity contribution is 0.659. The Balaban J connectivity index is 2.08. The van der Waals surface area contributed by atoms with Gasteiger partial charge in [-0.05, 0) is 24.6 Å². The van der Waals surface area contributed by atoms with E-state index in [-0.39, 0.29) is 0 Å². The van der Waals surface area contributed by atoms with Crippen LogP contribution >= 0.6 is 0 Å². The maximum Gasteiger partial charge on any atom is 0.0539 e. The zero-order chi connectivity index (χ0) is 13.0. The summed E-state index contributed by atoms with van der Waals surface area (Å²) in [5.74, 6) is 0. The zero-order valence-corrected chi connectivity index (χ0v) is 11.0. The molecule has 4 heteroatoms. The van der Waals surface area contributed by atoms with Crippen molar-refractivity contribution in [3.8, 4) is 0 Å². The third-order valence-corrected chi connectivity index (χ3v) is 3.02. The summed E-state index contributed by atoms with van der Waals surface area (Å²) in [7, 11) is 2.08. The number of rotatable bonds is 5. The van der Waals surface area contributed by atoms with Crippen molar-refractivity contribution in [2.75, 3.05) is 11.9 Å². The van der Waals surface area contributed by atoms with Crippen molar-refractivity contribution >= 4 is 5.69 Å². The molecule has 0 atom stereocenters. The Morgan fingerprint density at radius 3 is 2.83 bits per heavy atom. The molecule has 1 heterocycles.